The van der Waals surface area contributed by atoms with E-state index in [4.69, 9.17) is 18.9 Å². The molecule has 0 radical (unpaired) electrons. The molecule has 4 N–H and O–H groups in total. The highest BCUT2D eigenvalue weighted by Gasteiger charge is 2.44. The summed E-state index contributed by atoms with van der Waals surface area (Å²) < 4.78 is 21.1. The molecular formula is C28H50O10. The van der Waals surface area contributed by atoms with E-state index in [1.165, 1.54) is 39.0 Å². The monoisotopic (exact) mass is 546 g/mol. The Morgan fingerprint density at radius 2 is 1.45 bits per heavy atom. The second kappa shape index (κ2) is 21.3. The molecule has 1 aliphatic rings. The lowest BCUT2D eigenvalue weighted by Crippen LogP contribution is -2.59. The Morgan fingerprint density at radius 3 is 2.05 bits per heavy atom. The van der Waals surface area contributed by atoms with Crippen molar-refractivity contribution in [2.45, 2.75) is 134 Å². The minimum atomic E-state index is -1.59. The van der Waals surface area contributed by atoms with Crippen LogP contribution in [0.2, 0.25) is 0 Å². The average molecular weight is 547 g/mol. The Balaban J connectivity index is 2.26. The first-order chi connectivity index (χ1) is 18.3. The molecule has 1 aliphatic heterocycles. The lowest BCUT2D eigenvalue weighted by Gasteiger charge is -2.39. The number of aliphatic hydroxyl groups is 4. The maximum absolute atomic E-state index is 12.3. The van der Waals surface area contributed by atoms with Gasteiger partial charge in [-0.3, -0.25) is 9.59 Å². The molecule has 0 saturated carbocycles. The van der Waals surface area contributed by atoms with Crippen molar-refractivity contribution in [2.24, 2.45) is 0 Å². The Morgan fingerprint density at radius 1 is 0.842 bits per heavy atom. The van der Waals surface area contributed by atoms with E-state index in [0.717, 1.165) is 38.5 Å². The molecule has 0 aromatic rings. The Kier molecular flexibility index (Phi) is 19.3. The van der Waals surface area contributed by atoms with Gasteiger partial charge in [0.15, 0.2) is 12.4 Å². The molecule has 0 aromatic heterocycles. The van der Waals surface area contributed by atoms with Crippen LogP contribution in [0.4, 0.5) is 0 Å². The highest BCUT2D eigenvalue weighted by molar-refractivity contribution is 5.69. The number of unbranched alkanes of at least 4 members (excludes halogenated alkanes) is 10. The SMILES string of the molecule is CCCCCCC/C=C\CCCCCCCC(=O)OC(COC(C)=O)COC1OC(CO)C(O)C(O)C1O. The van der Waals surface area contributed by atoms with E-state index in [2.05, 4.69) is 19.1 Å². The van der Waals surface area contributed by atoms with Crippen LogP contribution in [0.15, 0.2) is 12.2 Å². The molecule has 1 heterocycles. The summed E-state index contributed by atoms with van der Waals surface area (Å²) >= 11 is 0. The first-order valence-electron chi connectivity index (χ1n) is 14.2. The molecule has 6 unspecified atom stereocenters. The predicted octanol–water partition coefficient (Wildman–Crippen LogP) is 2.93. The smallest absolute Gasteiger partial charge is 0.306 e. The standard InChI is InChI=1S/C28H50O10/c1-3-4-5-6-7-8-9-10-11-12-13-14-15-16-17-24(31)37-22(19-35-21(2)30)20-36-28-27(34)26(33)25(32)23(18-29)38-28/h9-10,22-23,25-29,32-34H,3-8,11-20H2,1-2H3/b10-9-. The number of allylic oxidation sites excluding steroid dienone is 2. The maximum Gasteiger partial charge on any atom is 0.306 e. The van der Waals surface area contributed by atoms with Crippen molar-refractivity contribution in [1.82, 2.24) is 0 Å². The topological polar surface area (TPSA) is 152 Å². The van der Waals surface area contributed by atoms with Gasteiger partial charge < -0.3 is 39.4 Å². The zero-order valence-electron chi connectivity index (χ0n) is 23.2. The molecule has 0 spiro atoms. The van der Waals surface area contributed by atoms with Gasteiger partial charge in [0.05, 0.1) is 13.2 Å². The van der Waals surface area contributed by atoms with Crippen molar-refractivity contribution in [1.29, 1.82) is 0 Å². The molecular weight excluding hydrogens is 496 g/mol. The van der Waals surface area contributed by atoms with Gasteiger partial charge in [0, 0.05) is 13.3 Å². The molecule has 222 valence electrons. The first kappa shape index (κ1) is 34.5. The average Bonchev–Trinajstić information content (AvgIpc) is 2.89. The summed E-state index contributed by atoms with van der Waals surface area (Å²) in [6, 6.07) is 0. The van der Waals surface area contributed by atoms with Crippen molar-refractivity contribution in [3.63, 3.8) is 0 Å². The quantitative estimate of drug-likeness (QED) is 0.0960. The van der Waals surface area contributed by atoms with Gasteiger partial charge in [-0.05, 0) is 32.1 Å². The second-order valence-corrected chi connectivity index (χ2v) is 9.93. The van der Waals surface area contributed by atoms with E-state index in [0.29, 0.717) is 6.42 Å². The lowest BCUT2D eigenvalue weighted by molar-refractivity contribution is -0.305. The number of esters is 2. The fourth-order valence-corrected chi connectivity index (χ4v) is 4.14. The van der Waals surface area contributed by atoms with Crippen molar-refractivity contribution in [3.05, 3.63) is 12.2 Å². The minimum absolute atomic E-state index is 0.217. The summed E-state index contributed by atoms with van der Waals surface area (Å²) in [5.41, 5.74) is 0. The lowest BCUT2D eigenvalue weighted by atomic mass is 9.99. The zero-order valence-corrected chi connectivity index (χ0v) is 23.2. The van der Waals surface area contributed by atoms with Crippen molar-refractivity contribution in [2.75, 3.05) is 19.8 Å². The van der Waals surface area contributed by atoms with Gasteiger partial charge in [0.1, 0.15) is 31.0 Å². The predicted molar refractivity (Wildman–Crippen MR) is 141 cm³/mol. The summed E-state index contributed by atoms with van der Waals surface area (Å²) in [5, 5.41) is 39.1. The molecule has 38 heavy (non-hydrogen) atoms. The summed E-state index contributed by atoms with van der Waals surface area (Å²) in [6.45, 7) is 2.33. The summed E-state index contributed by atoms with van der Waals surface area (Å²) in [5.74, 6) is -1.01. The summed E-state index contributed by atoms with van der Waals surface area (Å²) in [4.78, 5) is 23.5. The number of rotatable bonds is 21. The molecule has 0 bridgehead atoms. The van der Waals surface area contributed by atoms with Gasteiger partial charge in [0.25, 0.3) is 0 Å². The number of carbonyl (C=O) groups is 2. The van der Waals surface area contributed by atoms with Crippen LogP contribution in [0.1, 0.15) is 97.3 Å². The Bertz CT molecular complexity index is 654. The first-order valence-corrected chi connectivity index (χ1v) is 14.2. The van der Waals surface area contributed by atoms with Gasteiger partial charge in [-0.25, -0.2) is 0 Å². The number of ether oxygens (including phenoxy) is 4. The second-order valence-electron chi connectivity index (χ2n) is 9.93. The van der Waals surface area contributed by atoms with E-state index in [9.17, 15) is 30.0 Å². The van der Waals surface area contributed by atoms with Crippen LogP contribution in [0.25, 0.3) is 0 Å². The molecule has 1 saturated heterocycles. The third-order valence-corrected chi connectivity index (χ3v) is 6.46. The van der Waals surface area contributed by atoms with E-state index in [1.807, 2.05) is 0 Å². The minimum Gasteiger partial charge on any atom is -0.462 e. The Labute approximate surface area is 227 Å². The van der Waals surface area contributed by atoms with Crippen molar-refractivity contribution in [3.8, 4) is 0 Å². The van der Waals surface area contributed by atoms with Crippen LogP contribution in [0.5, 0.6) is 0 Å². The van der Waals surface area contributed by atoms with Crippen molar-refractivity contribution >= 4 is 11.9 Å². The van der Waals surface area contributed by atoms with Gasteiger partial charge in [0.2, 0.25) is 0 Å². The molecule has 0 aromatic carbocycles. The molecule has 10 heteroatoms. The molecule has 1 rings (SSSR count). The number of hydrogen-bond acceptors (Lipinski definition) is 10. The largest absolute Gasteiger partial charge is 0.462 e. The molecule has 0 amide bonds. The van der Waals surface area contributed by atoms with Crippen LogP contribution in [-0.2, 0) is 28.5 Å². The molecule has 1 fully saturated rings. The highest BCUT2D eigenvalue weighted by Crippen LogP contribution is 2.22. The molecule has 0 aliphatic carbocycles. The number of hydrogen-bond donors (Lipinski definition) is 4. The fraction of sp³-hybridized carbons (Fsp3) is 0.857. The van der Waals surface area contributed by atoms with E-state index >= 15 is 0 Å². The van der Waals surface area contributed by atoms with Crippen LogP contribution in [0, 0.1) is 0 Å². The molecule has 10 nitrogen and oxygen atoms in total. The van der Waals surface area contributed by atoms with Gasteiger partial charge in [-0.1, -0.05) is 64.0 Å². The van der Waals surface area contributed by atoms with E-state index in [-0.39, 0.29) is 19.6 Å². The van der Waals surface area contributed by atoms with Crippen LogP contribution in [0.3, 0.4) is 0 Å². The van der Waals surface area contributed by atoms with E-state index in [1.54, 1.807) is 0 Å². The van der Waals surface area contributed by atoms with E-state index < -0.39 is 55.4 Å². The van der Waals surface area contributed by atoms with Crippen LogP contribution in [-0.4, -0.2) is 89.0 Å². The Hall–Kier alpha value is -1.56. The van der Waals surface area contributed by atoms with Gasteiger partial charge in [-0.15, -0.1) is 0 Å². The number of aliphatic hydroxyl groups excluding tert-OH is 4. The fourth-order valence-electron chi connectivity index (χ4n) is 4.14. The molecule has 6 atom stereocenters. The number of carbonyl (C=O) groups excluding carboxylic acids is 2. The zero-order chi connectivity index (χ0) is 28.2. The van der Waals surface area contributed by atoms with Crippen molar-refractivity contribution < 1.29 is 49.0 Å². The normalized spacial score (nSPS) is 24.4. The third-order valence-electron chi connectivity index (χ3n) is 6.46. The van der Waals surface area contributed by atoms with Crippen LogP contribution < -0.4 is 0 Å². The van der Waals surface area contributed by atoms with Crippen LogP contribution >= 0.6 is 0 Å². The highest BCUT2D eigenvalue weighted by atomic mass is 16.7. The summed E-state index contributed by atoms with van der Waals surface area (Å²) in [7, 11) is 0. The maximum atomic E-state index is 12.3. The van der Waals surface area contributed by atoms with Gasteiger partial charge >= 0.3 is 11.9 Å². The van der Waals surface area contributed by atoms with Gasteiger partial charge in [-0.2, -0.15) is 0 Å². The summed E-state index contributed by atoms with van der Waals surface area (Å²) in [6.07, 6.45) is 10.3. The third kappa shape index (κ3) is 15.1.